The van der Waals surface area contributed by atoms with Gasteiger partial charge in [0.1, 0.15) is 5.15 Å². The lowest BCUT2D eigenvalue weighted by Gasteiger charge is -2.02. The number of amides is 1. The molecule has 0 bridgehead atoms. The van der Waals surface area contributed by atoms with E-state index in [0.29, 0.717) is 16.4 Å². The molecule has 8 nitrogen and oxygen atoms in total. The third kappa shape index (κ3) is 4.01. The molecule has 2 aromatic carbocycles. The van der Waals surface area contributed by atoms with E-state index in [0.717, 1.165) is 5.69 Å². The number of benzene rings is 2. The number of carbonyl (C=O) groups is 1. The highest BCUT2D eigenvalue weighted by molar-refractivity contribution is 6.32. The summed E-state index contributed by atoms with van der Waals surface area (Å²) in [7, 11) is 0. The minimum atomic E-state index is -0.533. The molecule has 0 radical (unpaired) electrons. The normalized spacial score (nSPS) is 10.9. The van der Waals surface area contributed by atoms with E-state index in [4.69, 9.17) is 11.6 Å². The molecule has 0 aliphatic rings. The Morgan fingerprint density at radius 3 is 2.52 bits per heavy atom. The standard InChI is InChI=1S/C18H14ClN5O3/c1-12-16(17(19)23(22-12)14-5-3-2-4-6-14)11-20-21-18(25)13-7-9-15(10-8-13)24(26)27/h2-11H,1H3,(H,21,25)/b20-11+. The second-order valence-electron chi connectivity index (χ2n) is 5.54. The zero-order valence-electron chi connectivity index (χ0n) is 14.2. The molecule has 0 fully saturated rings. The average Bonchev–Trinajstić information content (AvgIpc) is 2.97. The fourth-order valence-electron chi connectivity index (χ4n) is 2.35. The van der Waals surface area contributed by atoms with Crippen LogP contribution >= 0.6 is 11.6 Å². The fraction of sp³-hybridized carbons (Fsp3) is 0.0556. The predicted molar refractivity (Wildman–Crippen MR) is 101 cm³/mol. The highest BCUT2D eigenvalue weighted by Gasteiger charge is 2.13. The van der Waals surface area contributed by atoms with Crippen molar-refractivity contribution in [1.29, 1.82) is 0 Å². The van der Waals surface area contributed by atoms with Crippen molar-refractivity contribution < 1.29 is 9.72 Å². The molecule has 0 aliphatic carbocycles. The summed E-state index contributed by atoms with van der Waals surface area (Å²) in [6.45, 7) is 1.78. The van der Waals surface area contributed by atoms with Gasteiger partial charge in [0.15, 0.2) is 0 Å². The van der Waals surface area contributed by atoms with Crippen LogP contribution in [0.15, 0.2) is 59.7 Å². The topological polar surface area (TPSA) is 102 Å². The number of aromatic nitrogens is 2. The Kier molecular flexibility index (Phi) is 5.28. The number of hydrogen-bond donors (Lipinski definition) is 1. The molecule has 0 spiro atoms. The number of carbonyl (C=O) groups excluding carboxylic acids is 1. The maximum absolute atomic E-state index is 12.1. The first-order valence-electron chi connectivity index (χ1n) is 7.86. The molecule has 0 atom stereocenters. The molecule has 3 aromatic rings. The number of rotatable bonds is 5. The summed E-state index contributed by atoms with van der Waals surface area (Å²) in [5, 5.41) is 19.3. The van der Waals surface area contributed by atoms with Gasteiger partial charge in [-0.1, -0.05) is 29.8 Å². The molecular formula is C18H14ClN5O3. The summed E-state index contributed by atoms with van der Waals surface area (Å²) < 4.78 is 1.58. The Hall–Kier alpha value is -3.52. The summed E-state index contributed by atoms with van der Waals surface area (Å²) >= 11 is 6.38. The van der Waals surface area contributed by atoms with Crippen molar-refractivity contribution in [3.05, 3.63) is 86.7 Å². The molecule has 1 N–H and O–H groups in total. The number of non-ortho nitro benzene ring substituents is 1. The van der Waals surface area contributed by atoms with Crippen LogP contribution in [0.4, 0.5) is 5.69 Å². The number of nitrogens with zero attached hydrogens (tertiary/aromatic N) is 4. The molecule has 0 saturated carbocycles. The van der Waals surface area contributed by atoms with Crippen LogP contribution in [-0.2, 0) is 0 Å². The Balaban J connectivity index is 1.74. The van der Waals surface area contributed by atoms with E-state index in [9.17, 15) is 14.9 Å². The largest absolute Gasteiger partial charge is 0.271 e. The van der Waals surface area contributed by atoms with Gasteiger partial charge >= 0.3 is 0 Å². The van der Waals surface area contributed by atoms with Crippen molar-refractivity contribution >= 4 is 29.4 Å². The van der Waals surface area contributed by atoms with Crippen molar-refractivity contribution in [2.45, 2.75) is 6.92 Å². The lowest BCUT2D eigenvalue weighted by molar-refractivity contribution is -0.384. The van der Waals surface area contributed by atoms with Gasteiger partial charge < -0.3 is 0 Å². The monoisotopic (exact) mass is 383 g/mol. The van der Waals surface area contributed by atoms with Crippen LogP contribution in [0.5, 0.6) is 0 Å². The summed E-state index contributed by atoms with van der Waals surface area (Å²) in [4.78, 5) is 22.2. The minimum Gasteiger partial charge on any atom is -0.267 e. The van der Waals surface area contributed by atoms with Gasteiger partial charge in [0.2, 0.25) is 0 Å². The van der Waals surface area contributed by atoms with Crippen LogP contribution in [0.1, 0.15) is 21.6 Å². The number of para-hydroxylation sites is 1. The number of aryl methyl sites for hydroxylation is 1. The van der Waals surface area contributed by atoms with E-state index in [-0.39, 0.29) is 11.3 Å². The summed E-state index contributed by atoms with van der Waals surface area (Å²) in [6.07, 6.45) is 1.41. The zero-order chi connectivity index (χ0) is 19.4. The molecule has 0 unspecified atom stereocenters. The maximum atomic E-state index is 12.1. The predicted octanol–water partition coefficient (Wildman–Crippen LogP) is 3.51. The van der Waals surface area contributed by atoms with E-state index in [1.165, 1.54) is 30.5 Å². The second-order valence-corrected chi connectivity index (χ2v) is 5.90. The van der Waals surface area contributed by atoms with Crippen LogP contribution in [0.2, 0.25) is 5.15 Å². The van der Waals surface area contributed by atoms with Gasteiger partial charge in [0.25, 0.3) is 11.6 Å². The minimum absolute atomic E-state index is 0.0919. The Labute approximate surface area is 159 Å². The molecule has 3 rings (SSSR count). The fourth-order valence-corrected chi connectivity index (χ4v) is 2.67. The quantitative estimate of drug-likeness (QED) is 0.413. The third-order valence-corrected chi connectivity index (χ3v) is 4.11. The van der Waals surface area contributed by atoms with Crippen molar-refractivity contribution in [1.82, 2.24) is 15.2 Å². The first-order valence-corrected chi connectivity index (χ1v) is 8.23. The molecule has 9 heteroatoms. The van der Waals surface area contributed by atoms with Gasteiger partial charge in [-0.15, -0.1) is 0 Å². The van der Waals surface area contributed by atoms with E-state index < -0.39 is 10.8 Å². The average molecular weight is 384 g/mol. The van der Waals surface area contributed by atoms with Crippen LogP contribution in [-0.4, -0.2) is 26.8 Å². The Bertz CT molecular complexity index is 1010. The van der Waals surface area contributed by atoms with E-state index >= 15 is 0 Å². The van der Waals surface area contributed by atoms with Crippen molar-refractivity contribution in [3.63, 3.8) is 0 Å². The van der Waals surface area contributed by atoms with Gasteiger partial charge in [0.05, 0.1) is 28.1 Å². The number of hydrazone groups is 1. The SMILES string of the molecule is Cc1nn(-c2ccccc2)c(Cl)c1/C=N/NC(=O)c1ccc([N+](=O)[O-])cc1. The van der Waals surface area contributed by atoms with Crippen LogP contribution in [0, 0.1) is 17.0 Å². The lowest BCUT2D eigenvalue weighted by atomic mass is 10.2. The first kappa shape index (κ1) is 18.3. The molecule has 1 heterocycles. The van der Waals surface area contributed by atoms with E-state index in [1.54, 1.807) is 11.6 Å². The van der Waals surface area contributed by atoms with Crippen molar-refractivity contribution in [3.8, 4) is 5.69 Å². The van der Waals surface area contributed by atoms with Crippen molar-refractivity contribution in [2.24, 2.45) is 5.10 Å². The van der Waals surface area contributed by atoms with Gasteiger partial charge in [-0.3, -0.25) is 14.9 Å². The molecule has 136 valence electrons. The summed E-state index contributed by atoms with van der Waals surface area (Å²) in [5.74, 6) is -0.495. The highest BCUT2D eigenvalue weighted by atomic mass is 35.5. The Morgan fingerprint density at radius 2 is 1.89 bits per heavy atom. The Morgan fingerprint density at radius 1 is 1.22 bits per heavy atom. The third-order valence-electron chi connectivity index (χ3n) is 3.75. The summed E-state index contributed by atoms with van der Waals surface area (Å²) in [6, 6.07) is 14.6. The summed E-state index contributed by atoms with van der Waals surface area (Å²) in [5.41, 5.74) is 4.55. The lowest BCUT2D eigenvalue weighted by Crippen LogP contribution is -2.17. The van der Waals surface area contributed by atoms with Gasteiger partial charge in [-0.05, 0) is 31.2 Å². The van der Waals surface area contributed by atoms with Crippen LogP contribution < -0.4 is 5.43 Å². The zero-order valence-corrected chi connectivity index (χ0v) is 14.9. The van der Waals surface area contributed by atoms with Gasteiger partial charge in [0, 0.05) is 17.7 Å². The number of nitro benzene ring substituents is 1. The number of halogens is 1. The first-order chi connectivity index (χ1) is 13.0. The number of nitrogens with one attached hydrogen (secondary N) is 1. The number of nitro groups is 1. The number of hydrogen-bond acceptors (Lipinski definition) is 5. The molecule has 1 amide bonds. The second kappa shape index (κ2) is 7.79. The van der Waals surface area contributed by atoms with E-state index in [2.05, 4.69) is 15.6 Å². The van der Waals surface area contributed by atoms with Gasteiger partial charge in [-0.25, -0.2) is 10.1 Å². The molecule has 27 heavy (non-hydrogen) atoms. The molecule has 1 aromatic heterocycles. The van der Waals surface area contributed by atoms with Crippen LogP contribution in [0.25, 0.3) is 5.69 Å². The van der Waals surface area contributed by atoms with Crippen molar-refractivity contribution in [2.75, 3.05) is 0 Å². The highest BCUT2D eigenvalue weighted by Crippen LogP contribution is 2.21. The molecule has 0 aliphatic heterocycles. The van der Waals surface area contributed by atoms with Gasteiger partial charge in [-0.2, -0.15) is 10.2 Å². The maximum Gasteiger partial charge on any atom is 0.271 e. The smallest absolute Gasteiger partial charge is 0.267 e. The molecule has 0 saturated heterocycles. The van der Waals surface area contributed by atoms with E-state index in [1.807, 2.05) is 30.3 Å². The molecular weight excluding hydrogens is 370 g/mol. The van der Waals surface area contributed by atoms with Crippen LogP contribution in [0.3, 0.4) is 0 Å².